The molecule has 1 aromatic heterocycles. The number of benzene rings is 2. The maximum Gasteiger partial charge on any atom is 0.282 e. The standard InChI is InChI=1S/C16H15N3O/c1-10-8-12(3)15(9-11(10)2)19-16(20)13-6-4-5-7-14(13)17-18-19/h4-9H,1-3H3. The predicted octanol–water partition coefficient (Wildman–Crippen LogP) is 2.71. The molecule has 0 aliphatic rings. The number of aromatic nitrogens is 3. The molecule has 3 aromatic rings. The van der Waals surface area contributed by atoms with E-state index in [0.717, 1.165) is 16.8 Å². The average Bonchev–Trinajstić information content (AvgIpc) is 2.44. The van der Waals surface area contributed by atoms with Gasteiger partial charge in [-0.15, -0.1) is 5.10 Å². The summed E-state index contributed by atoms with van der Waals surface area (Å²) >= 11 is 0. The van der Waals surface area contributed by atoms with Gasteiger partial charge in [0.2, 0.25) is 0 Å². The molecule has 2 aromatic carbocycles. The van der Waals surface area contributed by atoms with Crippen LogP contribution in [0.15, 0.2) is 41.2 Å². The Morgan fingerprint density at radius 1 is 0.950 bits per heavy atom. The third-order valence-electron chi connectivity index (χ3n) is 3.61. The first-order chi connectivity index (χ1) is 9.58. The van der Waals surface area contributed by atoms with Gasteiger partial charge in [0.25, 0.3) is 5.56 Å². The van der Waals surface area contributed by atoms with Gasteiger partial charge in [-0.3, -0.25) is 4.79 Å². The number of hydrogen-bond donors (Lipinski definition) is 0. The zero-order valence-corrected chi connectivity index (χ0v) is 11.7. The molecule has 20 heavy (non-hydrogen) atoms. The molecule has 0 amide bonds. The van der Waals surface area contributed by atoms with Crippen LogP contribution in [-0.2, 0) is 0 Å². The van der Waals surface area contributed by atoms with Gasteiger partial charge < -0.3 is 0 Å². The van der Waals surface area contributed by atoms with Gasteiger partial charge in [-0.25, -0.2) is 0 Å². The maximum atomic E-state index is 12.5. The van der Waals surface area contributed by atoms with E-state index in [1.54, 1.807) is 12.1 Å². The van der Waals surface area contributed by atoms with Crippen LogP contribution < -0.4 is 5.56 Å². The number of aryl methyl sites for hydroxylation is 3. The molecule has 0 unspecified atom stereocenters. The molecule has 100 valence electrons. The zero-order chi connectivity index (χ0) is 14.3. The molecular weight excluding hydrogens is 250 g/mol. The van der Waals surface area contributed by atoms with Crippen molar-refractivity contribution in [3.63, 3.8) is 0 Å². The summed E-state index contributed by atoms with van der Waals surface area (Å²) in [5, 5.41) is 8.77. The second-order valence-corrected chi connectivity index (χ2v) is 5.05. The van der Waals surface area contributed by atoms with E-state index in [1.807, 2.05) is 32.0 Å². The summed E-state index contributed by atoms with van der Waals surface area (Å²) in [6, 6.07) is 11.3. The fourth-order valence-corrected chi connectivity index (χ4v) is 2.32. The lowest BCUT2D eigenvalue weighted by Gasteiger charge is -2.10. The van der Waals surface area contributed by atoms with E-state index in [-0.39, 0.29) is 5.56 Å². The minimum Gasteiger partial charge on any atom is -0.267 e. The van der Waals surface area contributed by atoms with Crippen LogP contribution >= 0.6 is 0 Å². The van der Waals surface area contributed by atoms with Crippen molar-refractivity contribution in [2.75, 3.05) is 0 Å². The molecular formula is C16H15N3O. The highest BCUT2D eigenvalue weighted by atomic mass is 16.1. The maximum absolute atomic E-state index is 12.5. The molecule has 0 N–H and O–H groups in total. The summed E-state index contributed by atoms with van der Waals surface area (Å²) in [7, 11) is 0. The third-order valence-corrected chi connectivity index (χ3v) is 3.61. The average molecular weight is 265 g/mol. The van der Waals surface area contributed by atoms with Crippen molar-refractivity contribution in [1.29, 1.82) is 0 Å². The minimum atomic E-state index is -0.137. The van der Waals surface area contributed by atoms with E-state index < -0.39 is 0 Å². The van der Waals surface area contributed by atoms with E-state index in [9.17, 15) is 4.79 Å². The van der Waals surface area contributed by atoms with Crippen LogP contribution in [-0.4, -0.2) is 15.0 Å². The molecule has 4 heteroatoms. The van der Waals surface area contributed by atoms with Gasteiger partial charge in [0.05, 0.1) is 11.1 Å². The highest BCUT2D eigenvalue weighted by molar-refractivity contribution is 5.76. The second kappa shape index (κ2) is 4.56. The molecule has 0 bridgehead atoms. The van der Waals surface area contributed by atoms with Crippen LogP contribution in [0, 0.1) is 20.8 Å². The minimum absolute atomic E-state index is 0.137. The molecule has 0 aliphatic carbocycles. The fraction of sp³-hybridized carbons (Fsp3) is 0.188. The Balaban J connectivity index is 2.33. The molecule has 0 radical (unpaired) electrons. The molecule has 0 saturated carbocycles. The van der Waals surface area contributed by atoms with Crippen molar-refractivity contribution >= 4 is 10.9 Å². The highest BCUT2D eigenvalue weighted by Gasteiger charge is 2.10. The van der Waals surface area contributed by atoms with E-state index in [2.05, 4.69) is 23.3 Å². The molecule has 0 spiro atoms. The second-order valence-electron chi connectivity index (χ2n) is 5.05. The SMILES string of the molecule is Cc1cc(C)c(-n2nnc3ccccc3c2=O)cc1C. The topological polar surface area (TPSA) is 47.8 Å². The van der Waals surface area contributed by atoms with E-state index in [0.29, 0.717) is 10.9 Å². The molecule has 0 fully saturated rings. The molecule has 1 heterocycles. The summed E-state index contributed by atoms with van der Waals surface area (Å²) in [4.78, 5) is 12.5. The van der Waals surface area contributed by atoms with Crippen molar-refractivity contribution in [1.82, 2.24) is 15.0 Å². The van der Waals surface area contributed by atoms with Gasteiger partial charge in [-0.1, -0.05) is 23.4 Å². The lowest BCUT2D eigenvalue weighted by atomic mass is 10.1. The normalized spacial score (nSPS) is 10.9. The van der Waals surface area contributed by atoms with E-state index >= 15 is 0 Å². The number of rotatable bonds is 1. The Morgan fingerprint density at radius 3 is 2.45 bits per heavy atom. The monoisotopic (exact) mass is 265 g/mol. The molecule has 0 atom stereocenters. The Bertz CT molecular complexity index is 865. The number of hydrogen-bond acceptors (Lipinski definition) is 3. The quantitative estimate of drug-likeness (QED) is 0.679. The van der Waals surface area contributed by atoms with Gasteiger partial charge in [-0.05, 0) is 55.7 Å². The summed E-state index contributed by atoms with van der Waals surface area (Å²) in [5.41, 5.74) is 4.62. The van der Waals surface area contributed by atoms with Crippen LogP contribution in [0.3, 0.4) is 0 Å². The molecule has 0 aliphatic heterocycles. The van der Waals surface area contributed by atoms with Gasteiger partial charge in [0.1, 0.15) is 5.52 Å². The Hall–Kier alpha value is -2.49. The summed E-state index contributed by atoms with van der Waals surface area (Å²) in [5.74, 6) is 0. The summed E-state index contributed by atoms with van der Waals surface area (Å²) in [6.07, 6.45) is 0. The Morgan fingerprint density at radius 2 is 1.65 bits per heavy atom. The van der Waals surface area contributed by atoms with Crippen molar-refractivity contribution < 1.29 is 0 Å². The summed E-state index contributed by atoms with van der Waals surface area (Å²) < 4.78 is 1.38. The Kier molecular flexibility index (Phi) is 2.86. The van der Waals surface area contributed by atoms with Crippen LogP contribution in [0.25, 0.3) is 16.6 Å². The van der Waals surface area contributed by atoms with Crippen LogP contribution in [0.2, 0.25) is 0 Å². The van der Waals surface area contributed by atoms with Gasteiger partial charge >= 0.3 is 0 Å². The van der Waals surface area contributed by atoms with Crippen molar-refractivity contribution in [2.45, 2.75) is 20.8 Å². The fourth-order valence-electron chi connectivity index (χ4n) is 2.32. The first kappa shape index (κ1) is 12.5. The smallest absolute Gasteiger partial charge is 0.267 e. The molecule has 3 rings (SSSR count). The van der Waals surface area contributed by atoms with Crippen LogP contribution in [0.4, 0.5) is 0 Å². The van der Waals surface area contributed by atoms with Gasteiger partial charge in [-0.2, -0.15) is 4.68 Å². The summed E-state index contributed by atoms with van der Waals surface area (Å²) in [6.45, 7) is 6.06. The third kappa shape index (κ3) is 1.90. The first-order valence-corrected chi connectivity index (χ1v) is 6.51. The van der Waals surface area contributed by atoms with Crippen molar-refractivity contribution in [2.24, 2.45) is 0 Å². The van der Waals surface area contributed by atoms with E-state index in [4.69, 9.17) is 0 Å². The largest absolute Gasteiger partial charge is 0.282 e. The van der Waals surface area contributed by atoms with Gasteiger partial charge in [0, 0.05) is 0 Å². The lowest BCUT2D eigenvalue weighted by molar-refractivity contribution is 0.733. The van der Waals surface area contributed by atoms with Crippen molar-refractivity contribution in [3.8, 4) is 5.69 Å². The zero-order valence-electron chi connectivity index (χ0n) is 11.7. The van der Waals surface area contributed by atoms with E-state index in [1.165, 1.54) is 10.2 Å². The highest BCUT2D eigenvalue weighted by Crippen LogP contribution is 2.17. The van der Waals surface area contributed by atoms with Gasteiger partial charge in [0.15, 0.2) is 0 Å². The lowest BCUT2D eigenvalue weighted by Crippen LogP contribution is -2.23. The van der Waals surface area contributed by atoms with Crippen molar-refractivity contribution in [3.05, 3.63) is 63.4 Å². The number of fused-ring (bicyclic) bond motifs is 1. The first-order valence-electron chi connectivity index (χ1n) is 6.51. The Labute approximate surface area is 116 Å². The molecule has 0 saturated heterocycles. The molecule has 4 nitrogen and oxygen atoms in total. The van der Waals surface area contributed by atoms with Crippen LogP contribution in [0.1, 0.15) is 16.7 Å². The van der Waals surface area contributed by atoms with Crippen LogP contribution in [0.5, 0.6) is 0 Å². The predicted molar refractivity (Wildman–Crippen MR) is 79.3 cm³/mol. The number of nitrogens with zero attached hydrogens (tertiary/aromatic N) is 3.